The molecule has 0 aliphatic carbocycles. The lowest BCUT2D eigenvalue weighted by molar-refractivity contribution is 0.100. The molecule has 3 heterocycles. The molecule has 6 nitrogen and oxygen atoms in total. The van der Waals surface area contributed by atoms with Gasteiger partial charge in [-0.3, -0.25) is 19.5 Å². The molecule has 0 bridgehead atoms. The first-order chi connectivity index (χ1) is 14.4. The summed E-state index contributed by atoms with van der Waals surface area (Å²) in [6.45, 7) is 10.9. The summed E-state index contributed by atoms with van der Waals surface area (Å²) in [4.78, 5) is 20.9. The fourth-order valence-corrected chi connectivity index (χ4v) is 3.82. The van der Waals surface area contributed by atoms with Crippen LogP contribution in [0.5, 0.6) is 0 Å². The predicted molar refractivity (Wildman–Crippen MR) is 121 cm³/mol. The van der Waals surface area contributed by atoms with Crippen molar-refractivity contribution < 1.29 is 4.79 Å². The van der Waals surface area contributed by atoms with E-state index in [1.165, 1.54) is 5.69 Å². The summed E-state index contributed by atoms with van der Waals surface area (Å²) in [5.74, 6) is -0.454. The van der Waals surface area contributed by atoms with Crippen LogP contribution in [0.25, 0.3) is 22.0 Å². The number of benzene rings is 1. The van der Waals surface area contributed by atoms with E-state index in [4.69, 9.17) is 10.8 Å². The molecule has 0 saturated carbocycles. The zero-order valence-electron chi connectivity index (χ0n) is 17.6. The number of nitrogens with zero attached hydrogens (tertiary/aromatic N) is 4. The van der Waals surface area contributed by atoms with Crippen molar-refractivity contribution >= 4 is 23.0 Å². The van der Waals surface area contributed by atoms with E-state index in [1.54, 1.807) is 12.3 Å². The maximum Gasteiger partial charge on any atom is 0.248 e. The van der Waals surface area contributed by atoms with Gasteiger partial charge in [-0.15, -0.1) is 0 Å². The topological polar surface area (TPSA) is 86.2 Å². The van der Waals surface area contributed by atoms with Crippen LogP contribution in [-0.4, -0.2) is 26.9 Å². The molecule has 152 valence electrons. The molecular formula is C24H25N5O. The van der Waals surface area contributed by atoms with Gasteiger partial charge in [-0.05, 0) is 69.0 Å². The molecule has 1 aromatic carbocycles. The van der Waals surface area contributed by atoms with Crippen molar-refractivity contribution in [2.75, 3.05) is 0 Å². The maximum atomic E-state index is 11.7. The summed E-state index contributed by atoms with van der Waals surface area (Å²) in [7, 11) is 0. The zero-order valence-corrected chi connectivity index (χ0v) is 17.6. The molecule has 0 atom stereocenters. The molecule has 1 amide bonds. The number of aromatic nitrogens is 3. The second-order valence-electron chi connectivity index (χ2n) is 7.74. The van der Waals surface area contributed by atoms with Gasteiger partial charge in [0, 0.05) is 40.6 Å². The number of primary amides is 1. The summed E-state index contributed by atoms with van der Waals surface area (Å²) in [5, 5.41) is 5.70. The van der Waals surface area contributed by atoms with Gasteiger partial charge < -0.3 is 5.73 Å². The number of aliphatic imine (C=N–C) groups is 1. The van der Waals surface area contributed by atoms with Crippen molar-refractivity contribution in [3.63, 3.8) is 0 Å². The molecule has 2 aromatic heterocycles. The highest BCUT2D eigenvalue weighted by molar-refractivity contribution is 6.04. The highest BCUT2D eigenvalue weighted by Gasteiger charge is 2.23. The molecule has 30 heavy (non-hydrogen) atoms. The van der Waals surface area contributed by atoms with E-state index in [9.17, 15) is 4.79 Å². The third kappa shape index (κ3) is 3.45. The smallest absolute Gasteiger partial charge is 0.248 e. The van der Waals surface area contributed by atoms with E-state index in [0.29, 0.717) is 5.56 Å². The van der Waals surface area contributed by atoms with Crippen molar-refractivity contribution in [3.8, 4) is 11.1 Å². The highest BCUT2D eigenvalue weighted by Crippen LogP contribution is 2.35. The van der Waals surface area contributed by atoms with Gasteiger partial charge in [0.1, 0.15) is 5.69 Å². The van der Waals surface area contributed by atoms with Crippen molar-refractivity contribution in [1.82, 2.24) is 14.8 Å². The lowest BCUT2D eigenvalue weighted by Crippen LogP contribution is -2.10. The third-order valence-corrected chi connectivity index (χ3v) is 5.73. The van der Waals surface area contributed by atoms with Crippen LogP contribution in [0.2, 0.25) is 0 Å². The lowest BCUT2D eigenvalue weighted by Gasteiger charge is -2.09. The summed E-state index contributed by atoms with van der Waals surface area (Å²) < 4.78 is 2.06. The average Bonchev–Trinajstić information content (AvgIpc) is 3.31. The number of fused-ring (bicyclic) bond motifs is 2. The molecule has 3 aromatic rings. The van der Waals surface area contributed by atoms with E-state index in [2.05, 4.69) is 21.2 Å². The molecule has 0 spiro atoms. The van der Waals surface area contributed by atoms with Gasteiger partial charge in [0.25, 0.3) is 0 Å². The van der Waals surface area contributed by atoms with Gasteiger partial charge in [0.2, 0.25) is 5.91 Å². The monoisotopic (exact) mass is 399 g/mol. The molecular weight excluding hydrogens is 374 g/mol. The molecule has 0 fully saturated rings. The van der Waals surface area contributed by atoms with Gasteiger partial charge in [-0.25, -0.2) is 0 Å². The number of allylic oxidation sites excluding steroid dienone is 3. The Morgan fingerprint density at radius 2 is 2.07 bits per heavy atom. The minimum Gasteiger partial charge on any atom is -0.366 e. The van der Waals surface area contributed by atoms with Gasteiger partial charge in [-0.1, -0.05) is 12.2 Å². The molecule has 0 unspecified atom stereocenters. The van der Waals surface area contributed by atoms with Gasteiger partial charge in [0.15, 0.2) is 0 Å². The van der Waals surface area contributed by atoms with Crippen LogP contribution >= 0.6 is 0 Å². The molecule has 2 N–H and O–H groups in total. The number of rotatable bonds is 5. The highest BCUT2D eigenvalue weighted by atomic mass is 16.1. The van der Waals surface area contributed by atoms with Crippen molar-refractivity contribution in [2.45, 2.75) is 40.2 Å². The fourth-order valence-electron chi connectivity index (χ4n) is 3.82. The van der Waals surface area contributed by atoms with Gasteiger partial charge >= 0.3 is 0 Å². The summed E-state index contributed by atoms with van der Waals surface area (Å²) in [6, 6.07) is 7.33. The molecule has 0 saturated heterocycles. The summed E-state index contributed by atoms with van der Waals surface area (Å²) in [6.07, 6.45) is 5.63. The van der Waals surface area contributed by atoms with Crippen molar-refractivity contribution in [1.29, 1.82) is 0 Å². The second kappa shape index (κ2) is 7.71. The first-order valence-electron chi connectivity index (χ1n) is 10.0. The molecule has 4 rings (SSSR count). The van der Waals surface area contributed by atoms with Crippen molar-refractivity contribution in [2.24, 2.45) is 10.7 Å². The van der Waals surface area contributed by atoms with Crippen LogP contribution in [0, 0.1) is 0 Å². The number of pyridine rings is 1. The number of carbonyl (C=O) groups excluding carboxylic acids is 1. The largest absolute Gasteiger partial charge is 0.366 e. The number of carbonyl (C=O) groups is 1. The quantitative estimate of drug-likeness (QED) is 0.508. The Kier molecular flexibility index (Phi) is 5.08. The molecule has 6 heteroatoms. The number of aryl methyl sites for hydroxylation is 1. The minimum absolute atomic E-state index is 0.454. The SMILES string of the molecule is C=C(C)/C(C)=C(/C)N=Cc1nn2c(c1-c1ccnc3ccc(C(N)=O)cc13)CCC2. The lowest BCUT2D eigenvalue weighted by atomic mass is 9.97. The van der Waals surface area contributed by atoms with Gasteiger partial charge in [-0.2, -0.15) is 5.10 Å². The number of hydrogen-bond acceptors (Lipinski definition) is 4. The Balaban J connectivity index is 1.92. The number of amides is 1. The summed E-state index contributed by atoms with van der Waals surface area (Å²) >= 11 is 0. The van der Waals surface area contributed by atoms with E-state index in [0.717, 1.165) is 64.0 Å². The maximum absolute atomic E-state index is 11.7. The Labute approximate surface area is 175 Å². The minimum atomic E-state index is -0.454. The van der Waals surface area contributed by atoms with E-state index in [1.807, 2.05) is 45.2 Å². The van der Waals surface area contributed by atoms with E-state index < -0.39 is 5.91 Å². The number of nitrogens with two attached hydrogens (primary N) is 1. The summed E-state index contributed by atoms with van der Waals surface area (Å²) in [5.41, 5.74) is 13.8. The van der Waals surface area contributed by atoms with Crippen LogP contribution in [0.3, 0.4) is 0 Å². The zero-order chi connectivity index (χ0) is 21.4. The predicted octanol–water partition coefficient (Wildman–Crippen LogP) is 4.43. The van der Waals surface area contributed by atoms with E-state index in [-0.39, 0.29) is 0 Å². The van der Waals surface area contributed by atoms with Gasteiger partial charge in [0.05, 0.1) is 11.7 Å². The molecule has 1 aliphatic heterocycles. The Morgan fingerprint density at radius 1 is 1.27 bits per heavy atom. The van der Waals surface area contributed by atoms with Crippen LogP contribution in [0.4, 0.5) is 0 Å². The first-order valence-corrected chi connectivity index (χ1v) is 10.0. The third-order valence-electron chi connectivity index (χ3n) is 5.73. The van der Waals surface area contributed by atoms with Crippen LogP contribution in [-0.2, 0) is 13.0 Å². The standard InChI is InChI=1S/C24H25N5O/c1-14(2)15(3)16(4)27-13-21-23(22-6-5-11-29(22)28-21)18-9-10-26-20-8-7-17(24(25)30)12-19(18)20/h7-10,12-13H,1,5-6,11H2,2-4H3,(H2,25,30)/b16-15-,27-13?. The number of hydrogen-bond donors (Lipinski definition) is 1. The van der Waals surface area contributed by atoms with Crippen LogP contribution in [0.15, 0.2) is 58.9 Å². The normalized spacial score (nSPS) is 14.2. The fraction of sp³-hybridized carbons (Fsp3) is 0.250. The second-order valence-corrected chi connectivity index (χ2v) is 7.74. The Hall–Kier alpha value is -3.54. The average molecular weight is 399 g/mol. The first kappa shape index (κ1) is 19.8. The van der Waals surface area contributed by atoms with Crippen molar-refractivity contribution in [3.05, 3.63) is 70.8 Å². The van der Waals surface area contributed by atoms with Crippen LogP contribution in [0.1, 0.15) is 48.9 Å². The van der Waals surface area contributed by atoms with E-state index >= 15 is 0 Å². The van der Waals surface area contributed by atoms with Crippen LogP contribution < -0.4 is 5.73 Å². The molecule has 1 aliphatic rings. The Bertz CT molecular complexity index is 1250. The molecule has 0 radical (unpaired) electrons. The Morgan fingerprint density at radius 3 is 2.80 bits per heavy atom.